The third-order valence-electron chi connectivity index (χ3n) is 5.19. The largest absolute Gasteiger partial charge is 0.341 e. The van der Waals surface area contributed by atoms with Gasteiger partial charge in [-0.2, -0.15) is 4.98 Å². The Morgan fingerprint density at radius 3 is 2.27 bits per heavy atom. The van der Waals surface area contributed by atoms with Crippen LogP contribution in [0.1, 0.15) is 11.1 Å². The minimum absolute atomic E-state index is 0.318. The molecule has 4 aromatic rings. The van der Waals surface area contributed by atoms with Gasteiger partial charge in [-0.1, -0.05) is 42.5 Å². The Morgan fingerprint density at radius 1 is 0.933 bits per heavy atom. The van der Waals surface area contributed by atoms with Crippen molar-refractivity contribution in [2.75, 3.05) is 11.9 Å². The Morgan fingerprint density at radius 2 is 1.60 bits per heavy atom. The van der Waals surface area contributed by atoms with E-state index in [1.54, 1.807) is 23.7 Å². The molecule has 2 aromatic heterocycles. The number of benzene rings is 2. The highest BCUT2D eigenvalue weighted by Crippen LogP contribution is 2.22. The van der Waals surface area contributed by atoms with E-state index in [1.807, 2.05) is 42.3 Å². The van der Waals surface area contributed by atoms with Crippen molar-refractivity contribution >= 4 is 17.1 Å². The number of hydrogen-bond acceptors (Lipinski definition) is 4. The van der Waals surface area contributed by atoms with Gasteiger partial charge < -0.3 is 4.90 Å². The van der Waals surface area contributed by atoms with Crippen molar-refractivity contribution in [3.05, 3.63) is 92.4 Å². The monoisotopic (exact) mass is 407 g/mol. The topological polar surface area (TPSA) is 65.1 Å². The van der Waals surface area contributed by atoms with Gasteiger partial charge in [0, 0.05) is 27.7 Å². The van der Waals surface area contributed by atoms with Crippen LogP contribution in [-0.4, -0.2) is 25.7 Å². The van der Waals surface area contributed by atoms with E-state index in [9.17, 15) is 14.0 Å². The van der Waals surface area contributed by atoms with Crippen molar-refractivity contribution in [2.45, 2.75) is 13.1 Å². The molecule has 30 heavy (non-hydrogen) atoms. The lowest BCUT2D eigenvalue weighted by atomic mass is 10.2. The summed E-state index contributed by atoms with van der Waals surface area (Å²) in [4.78, 5) is 32.0. The second-order valence-corrected chi connectivity index (χ2v) is 7.34. The SMILES string of the molecule is CN(Cc1ccccc1)c1nc2c(c(=O)n(C)c(=O)n2C)n1Cc1ccc(F)cc1. The van der Waals surface area contributed by atoms with Gasteiger partial charge in [-0.3, -0.25) is 18.5 Å². The molecule has 7 nitrogen and oxygen atoms in total. The number of aromatic nitrogens is 4. The van der Waals surface area contributed by atoms with Crippen molar-refractivity contribution in [3.63, 3.8) is 0 Å². The summed E-state index contributed by atoms with van der Waals surface area (Å²) in [6.07, 6.45) is 0. The Kier molecular flexibility index (Phi) is 4.99. The molecule has 0 aliphatic carbocycles. The number of anilines is 1. The van der Waals surface area contributed by atoms with Crippen molar-refractivity contribution in [3.8, 4) is 0 Å². The van der Waals surface area contributed by atoms with Crippen LogP contribution in [0.25, 0.3) is 11.2 Å². The zero-order valence-corrected chi connectivity index (χ0v) is 17.0. The molecule has 0 amide bonds. The number of halogens is 1. The molecule has 2 heterocycles. The fourth-order valence-corrected chi connectivity index (χ4v) is 3.58. The summed E-state index contributed by atoms with van der Waals surface area (Å²) in [5, 5.41) is 0. The average Bonchev–Trinajstić information content (AvgIpc) is 3.12. The van der Waals surface area contributed by atoms with E-state index in [0.717, 1.165) is 15.7 Å². The van der Waals surface area contributed by atoms with Crippen LogP contribution in [0.4, 0.5) is 10.3 Å². The third kappa shape index (κ3) is 3.41. The zero-order chi connectivity index (χ0) is 21.4. The van der Waals surface area contributed by atoms with Crippen LogP contribution in [0, 0.1) is 5.82 Å². The van der Waals surface area contributed by atoms with Crippen LogP contribution in [0.2, 0.25) is 0 Å². The first-order chi connectivity index (χ1) is 14.4. The molecule has 0 atom stereocenters. The first-order valence-corrected chi connectivity index (χ1v) is 9.52. The molecule has 0 N–H and O–H groups in total. The Bertz CT molecular complexity index is 1320. The van der Waals surface area contributed by atoms with Gasteiger partial charge in [-0.15, -0.1) is 0 Å². The van der Waals surface area contributed by atoms with Crippen LogP contribution in [0.15, 0.2) is 64.2 Å². The van der Waals surface area contributed by atoms with Crippen molar-refractivity contribution in [1.29, 1.82) is 0 Å². The second kappa shape index (κ2) is 7.62. The molecule has 2 aromatic carbocycles. The summed E-state index contributed by atoms with van der Waals surface area (Å²) in [5.41, 5.74) is 1.71. The van der Waals surface area contributed by atoms with Crippen molar-refractivity contribution in [1.82, 2.24) is 18.7 Å². The standard InChI is InChI=1S/C22H22FN5O2/c1-25(13-15-7-5-4-6-8-15)21-24-19-18(20(29)27(3)22(30)26(19)2)28(21)14-16-9-11-17(23)12-10-16/h4-12H,13-14H2,1-3H3. The molecule has 0 aliphatic rings. The van der Waals surface area contributed by atoms with Crippen LogP contribution in [0.3, 0.4) is 0 Å². The average molecular weight is 407 g/mol. The van der Waals surface area contributed by atoms with E-state index in [1.165, 1.54) is 23.7 Å². The maximum atomic E-state index is 13.4. The lowest BCUT2D eigenvalue weighted by molar-refractivity contribution is 0.626. The van der Waals surface area contributed by atoms with Gasteiger partial charge in [0.1, 0.15) is 5.82 Å². The molecule has 4 rings (SSSR count). The fourth-order valence-electron chi connectivity index (χ4n) is 3.58. The van der Waals surface area contributed by atoms with E-state index >= 15 is 0 Å². The fraction of sp³-hybridized carbons (Fsp3) is 0.227. The maximum absolute atomic E-state index is 13.4. The summed E-state index contributed by atoms with van der Waals surface area (Å²) in [6, 6.07) is 16.0. The van der Waals surface area contributed by atoms with Crippen molar-refractivity contribution in [2.24, 2.45) is 14.1 Å². The number of fused-ring (bicyclic) bond motifs is 1. The number of imidazole rings is 1. The van der Waals surface area contributed by atoms with Crippen LogP contribution in [-0.2, 0) is 27.2 Å². The van der Waals surface area contributed by atoms with E-state index in [2.05, 4.69) is 4.98 Å². The number of nitrogens with zero attached hydrogens (tertiary/aromatic N) is 5. The lowest BCUT2D eigenvalue weighted by Gasteiger charge is -2.20. The summed E-state index contributed by atoms with van der Waals surface area (Å²) >= 11 is 0. The van der Waals surface area contributed by atoms with Gasteiger partial charge >= 0.3 is 5.69 Å². The Labute approximate surface area is 172 Å². The van der Waals surface area contributed by atoms with E-state index < -0.39 is 11.2 Å². The maximum Gasteiger partial charge on any atom is 0.332 e. The molecule has 0 saturated carbocycles. The van der Waals surface area contributed by atoms with Crippen LogP contribution in [0.5, 0.6) is 0 Å². The molecular formula is C22H22FN5O2. The Hall–Kier alpha value is -3.68. The Balaban J connectivity index is 1.90. The molecule has 0 fully saturated rings. The van der Waals surface area contributed by atoms with Gasteiger partial charge in [0.05, 0.1) is 6.54 Å². The molecule has 0 aliphatic heterocycles. The molecule has 8 heteroatoms. The normalized spacial score (nSPS) is 11.2. The van der Waals surface area contributed by atoms with Crippen LogP contribution >= 0.6 is 0 Å². The lowest BCUT2D eigenvalue weighted by Crippen LogP contribution is -2.37. The molecule has 0 unspecified atom stereocenters. The van der Waals surface area contributed by atoms with Gasteiger partial charge in [-0.05, 0) is 23.3 Å². The molecule has 0 radical (unpaired) electrons. The summed E-state index contributed by atoms with van der Waals surface area (Å²) in [5.74, 6) is 0.227. The van der Waals surface area contributed by atoms with Crippen LogP contribution < -0.4 is 16.1 Å². The third-order valence-corrected chi connectivity index (χ3v) is 5.19. The first-order valence-electron chi connectivity index (χ1n) is 9.52. The highest BCUT2D eigenvalue weighted by Gasteiger charge is 2.21. The number of aryl methyl sites for hydroxylation is 1. The van der Waals surface area contributed by atoms with Crippen molar-refractivity contribution < 1.29 is 4.39 Å². The minimum Gasteiger partial charge on any atom is -0.341 e. The molecule has 154 valence electrons. The molecule has 0 spiro atoms. The second-order valence-electron chi connectivity index (χ2n) is 7.34. The quantitative estimate of drug-likeness (QED) is 0.509. The van der Waals surface area contributed by atoms with E-state index in [0.29, 0.717) is 30.2 Å². The van der Waals surface area contributed by atoms with Gasteiger partial charge in [0.2, 0.25) is 5.95 Å². The first kappa shape index (κ1) is 19.6. The molecular weight excluding hydrogens is 385 g/mol. The highest BCUT2D eigenvalue weighted by molar-refractivity contribution is 5.74. The van der Waals surface area contributed by atoms with Gasteiger partial charge in [0.25, 0.3) is 5.56 Å². The van der Waals surface area contributed by atoms with Gasteiger partial charge in [0.15, 0.2) is 11.2 Å². The molecule has 0 bridgehead atoms. The van der Waals surface area contributed by atoms with E-state index in [-0.39, 0.29) is 5.82 Å². The summed E-state index contributed by atoms with van der Waals surface area (Å²) in [6.45, 7) is 0.889. The molecule has 0 saturated heterocycles. The minimum atomic E-state index is -0.434. The number of hydrogen-bond donors (Lipinski definition) is 0. The van der Waals surface area contributed by atoms with E-state index in [4.69, 9.17) is 0 Å². The summed E-state index contributed by atoms with van der Waals surface area (Å²) < 4.78 is 17.6. The smallest absolute Gasteiger partial charge is 0.332 e. The number of rotatable bonds is 5. The highest BCUT2D eigenvalue weighted by atomic mass is 19.1. The summed E-state index contributed by atoms with van der Waals surface area (Å²) in [7, 11) is 4.94. The zero-order valence-electron chi connectivity index (χ0n) is 17.0. The van der Waals surface area contributed by atoms with Gasteiger partial charge in [-0.25, -0.2) is 9.18 Å². The predicted octanol–water partition coefficient (Wildman–Crippen LogP) is 2.26. The predicted molar refractivity (Wildman–Crippen MR) is 114 cm³/mol.